The molecule has 0 saturated carbocycles. The molecule has 8 heteroatoms. The predicted molar refractivity (Wildman–Crippen MR) is 120 cm³/mol. The normalized spacial score (nSPS) is 16.6. The molecule has 1 unspecified atom stereocenters. The van der Waals surface area contributed by atoms with Crippen molar-refractivity contribution in [3.8, 4) is 0 Å². The van der Waals surface area contributed by atoms with E-state index in [4.69, 9.17) is 4.74 Å². The molecule has 0 amide bonds. The molecule has 2 aromatic heterocycles. The van der Waals surface area contributed by atoms with Gasteiger partial charge >= 0.3 is 0 Å². The van der Waals surface area contributed by atoms with Crippen molar-refractivity contribution in [3.05, 3.63) is 75.6 Å². The summed E-state index contributed by atoms with van der Waals surface area (Å²) in [7, 11) is 1.72. The van der Waals surface area contributed by atoms with Gasteiger partial charge in [0.1, 0.15) is 5.82 Å². The van der Waals surface area contributed by atoms with Crippen LogP contribution in [0.2, 0.25) is 0 Å². The monoisotopic (exact) mass is 435 g/mol. The SMILES string of the molecule is Cc1ccc2c(c1)c(=O)n(C)c1nnc(CN(Cc3cccc(F)c3)CC3CCCO3)n21. The summed E-state index contributed by atoms with van der Waals surface area (Å²) >= 11 is 0. The highest BCUT2D eigenvalue weighted by Gasteiger charge is 2.22. The van der Waals surface area contributed by atoms with Crippen LogP contribution in [-0.4, -0.2) is 43.3 Å². The molecule has 2 aromatic carbocycles. The molecular formula is C24H26FN5O2. The molecule has 0 spiro atoms. The first kappa shape index (κ1) is 20.8. The van der Waals surface area contributed by atoms with Crippen molar-refractivity contribution in [2.75, 3.05) is 13.2 Å². The van der Waals surface area contributed by atoms with Gasteiger partial charge in [0.25, 0.3) is 5.56 Å². The fourth-order valence-corrected chi connectivity index (χ4v) is 4.52. The molecule has 1 aliphatic rings. The summed E-state index contributed by atoms with van der Waals surface area (Å²) in [6, 6.07) is 12.5. The summed E-state index contributed by atoms with van der Waals surface area (Å²) in [5.74, 6) is 0.992. The summed E-state index contributed by atoms with van der Waals surface area (Å²) < 4.78 is 23.1. The molecule has 0 radical (unpaired) electrons. The van der Waals surface area contributed by atoms with E-state index in [1.807, 2.05) is 35.6 Å². The molecular weight excluding hydrogens is 409 g/mol. The Morgan fingerprint density at radius 2 is 2.06 bits per heavy atom. The zero-order valence-electron chi connectivity index (χ0n) is 18.3. The molecule has 5 rings (SSSR count). The van der Waals surface area contributed by atoms with Crippen LogP contribution in [0.3, 0.4) is 0 Å². The van der Waals surface area contributed by atoms with Crippen LogP contribution in [0.15, 0.2) is 47.3 Å². The van der Waals surface area contributed by atoms with Gasteiger partial charge in [0.2, 0.25) is 5.78 Å². The number of ether oxygens (including phenoxy) is 1. The number of aromatic nitrogens is 4. The van der Waals surface area contributed by atoms with E-state index < -0.39 is 0 Å². The van der Waals surface area contributed by atoms with Gasteiger partial charge in [-0.1, -0.05) is 23.8 Å². The lowest BCUT2D eigenvalue weighted by molar-refractivity contribution is 0.0669. The first-order chi connectivity index (χ1) is 15.5. The molecule has 1 aliphatic heterocycles. The molecule has 1 atom stereocenters. The Hall–Kier alpha value is -3.10. The van der Waals surface area contributed by atoms with Crippen molar-refractivity contribution >= 4 is 16.7 Å². The number of fused-ring (bicyclic) bond motifs is 3. The standard InChI is InChI=1S/C24H26FN5O2/c1-16-8-9-21-20(11-16)23(31)28(2)24-27-26-22(30(21)24)15-29(14-19-7-4-10-32-19)13-17-5-3-6-18(25)12-17/h3,5-6,8-9,11-12,19H,4,7,10,13-15H2,1-2H3. The van der Waals surface area contributed by atoms with Gasteiger partial charge in [0, 0.05) is 26.7 Å². The van der Waals surface area contributed by atoms with E-state index in [0.29, 0.717) is 30.8 Å². The zero-order chi connectivity index (χ0) is 22.2. The van der Waals surface area contributed by atoms with Crippen molar-refractivity contribution in [2.45, 2.75) is 39.0 Å². The molecule has 1 saturated heterocycles. The van der Waals surface area contributed by atoms with Crippen molar-refractivity contribution in [2.24, 2.45) is 7.05 Å². The number of nitrogens with zero attached hydrogens (tertiary/aromatic N) is 5. The van der Waals surface area contributed by atoms with Gasteiger partial charge in [0.05, 0.1) is 23.6 Å². The van der Waals surface area contributed by atoms with E-state index in [-0.39, 0.29) is 17.5 Å². The van der Waals surface area contributed by atoms with Crippen LogP contribution in [-0.2, 0) is 24.9 Å². The van der Waals surface area contributed by atoms with Gasteiger partial charge in [-0.3, -0.25) is 18.7 Å². The fourth-order valence-electron chi connectivity index (χ4n) is 4.52. The minimum Gasteiger partial charge on any atom is -0.377 e. The second-order valence-corrected chi connectivity index (χ2v) is 8.57. The highest BCUT2D eigenvalue weighted by Crippen LogP contribution is 2.20. The van der Waals surface area contributed by atoms with Crippen LogP contribution in [0.1, 0.15) is 29.8 Å². The summed E-state index contributed by atoms with van der Waals surface area (Å²) in [6.45, 7) is 4.53. The molecule has 3 heterocycles. The third-order valence-corrected chi connectivity index (χ3v) is 6.09. The Bertz CT molecular complexity index is 1340. The smallest absolute Gasteiger partial charge is 0.262 e. The lowest BCUT2D eigenvalue weighted by Gasteiger charge is -2.24. The van der Waals surface area contributed by atoms with Crippen molar-refractivity contribution in [3.63, 3.8) is 0 Å². The lowest BCUT2D eigenvalue weighted by atomic mass is 10.1. The average molecular weight is 436 g/mol. The topological polar surface area (TPSA) is 64.7 Å². The Morgan fingerprint density at radius 1 is 1.19 bits per heavy atom. The van der Waals surface area contributed by atoms with Crippen molar-refractivity contribution in [1.82, 2.24) is 24.1 Å². The number of rotatable bonds is 6. The zero-order valence-corrected chi connectivity index (χ0v) is 18.3. The second-order valence-electron chi connectivity index (χ2n) is 8.57. The van der Waals surface area contributed by atoms with Gasteiger partial charge < -0.3 is 4.74 Å². The van der Waals surface area contributed by atoms with Gasteiger partial charge in [-0.15, -0.1) is 10.2 Å². The van der Waals surface area contributed by atoms with Crippen LogP contribution < -0.4 is 5.56 Å². The number of aryl methyl sites for hydroxylation is 2. The minimum absolute atomic E-state index is 0.0916. The summed E-state index contributed by atoms with van der Waals surface area (Å²) in [5.41, 5.74) is 2.61. The van der Waals surface area contributed by atoms with E-state index >= 15 is 0 Å². The lowest BCUT2D eigenvalue weighted by Crippen LogP contribution is -2.32. The van der Waals surface area contributed by atoms with Crippen LogP contribution in [0.25, 0.3) is 16.7 Å². The molecule has 0 bridgehead atoms. The van der Waals surface area contributed by atoms with E-state index in [2.05, 4.69) is 15.1 Å². The van der Waals surface area contributed by atoms with E-state index in [0.717, 1.165) is 41.9 Å². The van der Waals surface area contributed by atoms with Crippen LogP contribution in [0, 0.1) is 12.7 Å². The molecule has 166 valence electrons. The average Bonchev–Trinajstić information content (AvgIpc) is 3.42. The Kier molecular flexibility index (Phi) is 5.48. The van der Waals surface area contributed by atoms with Gasteiger partial charge in [-0.2, -0.15) is 0 Å². The van der Waals surface area contributed by atoms with Gasteiger partial charge in [0.15, 0.2) is 5.82 Å². The fraction of sp³-hybridized carbons (Fsp3) is 0.375. The largest absolute Gasteiger partial charge is 0.377 e. The molecule has 32 heavy (non-hydrogen) atoms. The van der Waals surface area contributed by atoms with Crippen molar-refractivity contribution in [1.29, 1.82) is 0 Å². The first-order valence-electron chi connectivity index (χ1n) is 10.9. The maximum Gasteiger partial charge on any atom is 0.262 e. The quantitative estimate of drug-likeness (QED) is 0.465. The predicted octanol–water partition coefficient (Wildman–Crippen LogP) is 3.21. The van der Waals surface area contributed by atoms with Crippen LogP contribution in [0.5, 0.6) is 0 Å². The van der Waals surface area contributed by atoms with Crippen LogP contribution >= 0.6 is 0 Å². The first-order valence-corrected chi connectivity index (χ1v) is 10.9. The Labute approximate surface area is 185 Å². The van der Waals surface area contributed by atoms with E-state index in [1.54, 1.807) is 19.2 Å². The third-order valence-electron chi connectivity index (χ3n) is 6.09. The number of benzene rings is 2. The molecule has 4 aromatic rings. The number of hydrogen-bond donors (Lipinski definition) is 0. The second kappa shape index (κ2) is 8.44. The van der Waals surface area contributed by atoms with Gasteiger partial charge in [-0.25, -0.2) is 4.39 Å². The molecule has 7 nitrogen and oxygen atoms in total. The summed E-state index contributed by atoms with van der Waals surface area (Å²) in [6.07, 6.45) is 2.21. The Balaban J connectivity index is 1.56. The van der Waals surface area contributed by atoms with Crippen LogP contribution in [0.4, 0.5) is 4.39 Å². The Morgan fingerprint density at radius 3 is 2.84 bits per heavy atom. The van der Waals surface area contributed by atoms with Crippen molar-refractivity contribution < 1.29 is 9.13 Å². The number of hydrogen-bond acceptors (Lipinski definition) is 5. The summed E-state index contributed by atoms with van der Waals surface area (Å²) in [4.78, 5) is 15.1. The molecule has 0 N–H and O–H groups in total. The minimum atomic E-state index is -0.246. The van der Waals surface area contributed by atoms with E-state index in [1.165, 1.54) is 10.6 Å². The number of halogens is 1. The van der Waals surface area contributed by atoms with Gasteiger partial charge in [-0.05, 0) is 49.6 Å². The highest BCUT2D eigenvalue weighted by atomic mass is 19.1. The summed E-state index contributed by atoms with van der Waals surface area (Å²) in [5, 5.41) is 9.39. The highest BCUT2D eigenvalue weighted by molar-refractivity contribution is 5.81. The molecule has 1 fully saturated rings. The maximum absolute atomic E-state index is 13.8. The maximum atomic E-state index is 13.8. The molecule has 0 aliphatic carbocycles. The third kappa shape index (κ3) is 3.91. The van der Waals surface area contributed by atoms with E-state index in [9.17, 15) is 9.18 Å².